The van der Waals surface area contributed by atoms with Crippen molar-refractivity contribution >= 4 is 17.4 Å². The topological polar surface area (TPSA) is 79.3 Å². The molecule has 1 unspecified atom stereocenters. The maximum absolute atomic E-state index is 13.3. The second-order valence-electron chi connectivity index (χ2n) is 9.23. The highest BCUT2D eigenvalue weighted by Gasteiger charge is 2.46. The summed E-state index contributed by atoms with van der Waals surface area (Å²) in [7, 11) is 5.48. The lowest BCUT2D eigenvalue weighted by Gasteiger charge is -2.27. The Kier molecular flexibility index (Phi) is 8.57. The largest absolute Gasteiger partial charge is 0.507 e. The van der Waals surface area contributed by atoms with Gasteiger partial charge in [-0.2, -0.15) is 0 Å². The Bertz CT molecular complexity index is 1110. The molecular weight excluding hydrogens is 444 g/mol. The van der Waals surface area contributed by atoms with Crippen molar-refractivity contribution < 1.29 is 24.2 Å². The van der Waals surface area contributed by atoms with Crippen LogP contribution in [0.1, 0.15) is 55.8 Å². The number of rotatable bonds is 10. The molecule has 2 aromatic rings. The van der Waals surface area contributed by atoms with Gasteiger partial charge >= 0.3 is 0 Å². The number of likely N-dealkylation sites (tertiary alicyclic amines) is 1. The van der Waals surface area contributed by atoms with E-state index >= 15 is 0 Å². The molecule has 0 saturated carbocycles. The molecule has 0 aromatic heterocycles. The average molecular weight is 481 g/mol. The van der Waals surface area contributed by atoms with Gasteiger partial charge in [0.1, 0.15) is 17.3 Å². The number of aliphatic hydroxyl groups is 1. The van der Waals surface area contributed by atoms with E-state index in [1.165, 1.54) is 0 Å². The van der Waals surface area contributed by atoms with Crippen molar-refractivity contribution in [2.45, 2.75) is 39.2 Å². The molecule has 35 heavy (non-hydrogen) atoms. The van der Waals surface area contributed by atoms with Crippen molar-refractivity contribution in [2.24, 2.45) is 0 Å². The number of amides is 1. The van der Waals surface area contributed by atoms with Crippen molar-refractivity contribution in [3.8, 4) is 11.5 Å². The second-order valence-corrected chi connectivity index (χ2v) is 9.23. The number of Topliss-reactive ketones (excluding diaryl/α,β-unsaturated/α-hetero) is 1. The quantitative estimate of drug-likeness (QED) is 0.304. The number of aliphatic hydroxyl groups excluding tert-OH is 1. The smallest absolute Gasteiger partial charge is 0.295 e. The van der Waals surface area contributed by atoms with Crippen molar-refractivity contribution in [1.82, 2.24) is 9.80 Å². The summed E-state index contributed by atoms with van der Waals surface area (Å²) in [6, 6.07) is 11.9. The normalized spacial score (nSPS) is 17.5. The molecule has 1 atom stereocenters. The number of para-hydroxylation sites is 1. The van der Waals surface area contributed by atoms with Crippen LogP contribution in [0.3, 0.4) is 0 Å². The number of hydrogen-bond acceptors (Lipinski definition) is 6. The molecule has 0 spiro atoms. The molecule has 1 saturated heterocycles. The van der Waals surface area contributed by atoms with Gasteiger partial charge in [-0.15, -0.1) is 0 Å². The molecule has 1 heterocycles. The Morgan fingerprint density at radius 2 is 1.83 bits per heavy atom. The molecule has 2 aromatic carbocycles. The van der Waals surface area contributed by atoms with Gasteiger partial charge in [-0.05, 0) is 69.7 Å². The summed E-state index contributed by atoms with van der Waals surface area (Å²) in [4.78, 5) is 30.1. The third kappa shape index (κ3) is 5.51. The molecule has 7 heteroatoms. The van der Waals surface area contributed by atoms with E-state index in [1.54, 1.807) is 30.2 Å². The minimum absolute atomic E-state index is 0.0724. The zero-order valence-corrected chi connectivity index (χ0v) is 21.5. The van der Waals surface area contributed by atoms with Gasteiger partial charge < -0.3 is 24.4 Å². The van der Waals surface area contributed by atoms with Crippen molar-refractivity contribution in [2.75, 3.05) is 40.9 Å². The Morgan fingerprint density at radius 3 is 2.46 bits per heavy atom. The van der Waals surface area contributed by atoms with E-state index in [2.05, 4.69) is 0 Å². The maximum Gasteiger partial charge on any atom is 0.295 e. The van der Waals surface area contributed by atoms with Gasteiger partial charge in [0.05, 0.1) is 25.3 Å². The highest BCUT2D eigenvalue weighted by molar-refractivity contribution is 6.46. The number of methoxy groups -OCH3 is 1. The number of carbonyl (C=O) groups is 2. The number of hydrogen-bond donors (Lipinski definition) is 1. The first-order chi connectivity index (χ1) is 16.7. The molecule has 3 rings (SSSR count). The van der Waals surface area contributed by atoms with Crippen LogP contribution in [0.15, 0.2) is 48.0 Å². The lowest BCUT2D eigenvalue weighted by atomic mass is 9.92. The summed E-state index contributed by atoms with van der Waals surface area (Å²) in [5, 5.41) is 11.5. The van der Waals surface area contributed by atoms with E-state index in [4.69, 9.17) is 9.47 Å². The third-order valence-corrected chi connectivity index (χ3v) is 6.18. The first-order valence-electron chi connectivity index (χ1n) is 12.0. The van der Waals surface area contributed by atoms with Gasteiger partial charge in [-0.1, -0.05) is 32.0 Å². The summed E-state index contributed by atoms with van der Waals surface area (Å²) >= 11 is 0. The number of benzene rings is 2. The molecule has 1 fully saturated rings. The van der Waals surface area contributed by atoms with Gasteiger partial charge in [0.15, 0.2) is 0 Å². The van der Waals surface area contributed by atoms with E-state index in [-0.39, 0.29) is 17.3 Å². The first kappa shape index (κ1) is 26.3. The molecule has 1 N–H and O–H groups in total. The summed E-state index contributed by atoms with van der Waals surface area (Å²) in [6.07, 6.45) is 0.687. The van der Waals surface area contributed by atoms with E-state index in [0.29, 0.717) is 36.4 Å². The van der Waals surface area contributed by atoms with E-state index < -0.39 is 17.7 Å². The van der Waals surface area contributed by atoms with E-state index in [9.17, 15) is 14.7 Å². The van der Waals surface area contributed by atoms with Gasteiger partial charge in [0.25, 0.3) is 11.7 Å². The predicted molar refractivity (Wildman–Crippen MR) is 137 cm³/mol. The van der Waals surface area contributed by atoms with E-state index in [1.807, 2.05) is 64.0 Å². The minimum atomic E-state index is -0.748. The predicted octanol–water partition coefficient (Wildman–Crippen LogP) is 4.59. The minimum Gasteiger partial charge on any atom is -0.507 e. The van der Waals surface area contributed by atoms with E-state index in [0.717, 1.165) is 17.9 Å². The Balaban J connectivity index is 2.17. The Morgan fingerprint density at radius 1 is 1.11 bits per heavy atom. The van der Waals surface area contributed by atoms with Gasteiger partial charge in [0, 0.05) is 17.7 Å². The summed E-state index contributed by atoms with van der Waals surface area (Å²) in [5.41, 5.74) is 2.13. The fourth-order valence-corrected chi connectivity index (χ4v) is 4.47. The molecule has 0 radical (unpaired) electrons. The maximum atomic E-state index is 13.3. The monoisotopic (exact) mass is 480 g/mol. The molecule has 7 nitrogen and oxygen atoms in total. The highest BCUT2D eigenvalue weighted by atomic mass is 16.5. The van der Waals surface area contributed by atoms with Gasteiger partial charge in [-0.3, -0.25) is 9.59 Å². The standard InChI is InChI=1S/C28H36N2O5/c1-7-35-23-14-13-19(17-21(23)18(2)3)26(31)24-25(20-11-8-9-12-22(20)34-6)30(28(33)27(24)32)16-10-15-29(4)5/h8-9,11-14,17-18,25,31H,7,10,15-16H2,1-6H3/b26-24+. The molecule has 188 valence electrons. The molecule has 1 amide bonds. The van der Waals surface area contributed by atoms with Crippen LogP contribution < -0.4 is 9.47 Å². The Hall–Kier alpha value is -3.32. The second kappa shape index (κ2) is 11.4. The van der Waals surface area contributed by atoms with Crippen molar-refractivity contribution in [1.29, 1.82) is 0 Å². The number of ketones is 1. The fourth-order valence-electron chi connectivity index (χ4n) is 4.47. The van der Waals surface area contributed by atoms with Crippen molar-refractivity contribution in [3.05, 3.63) is 64.7 Å². The zero-order chi connectivity index (χ0) is 25.7. The zero-order valence-electron chi connectivity index (χ0n) is 21.5. The van der Waals surface area contributed by atoms with Crippen LogP contribution in [0.4, 0.5) is 0 Å². The van der Waals surface area contributed by atoms with Crippen molar-refractivity contribution in [3.63, 3.8) is 0 Å². The van der Waals surface area contributed by atoms with Gasteiger partial charge in [0.2, 0.25) is 0 Å². The van der Waals surface area contributed by atoms with Crippen LogP contribution >= 0.6 is 0 Å². The molecule has 0 bridgehead atoms. The lowest BCUT2D eigenvalue weighted by Crippen LogP contribution is -2.32. The van der Waals surface area contributed by atoms with Crippen LogP contribution in [-0.2, 0) is 9.59 Å². The van der Waals surface area contributed by atoms with Crippen LogP contribution in [-0.4, -0.2) is 67.5 Å². The van der Waals surface area contributed by atoms with Crippen LogP contribution in [0.5, 0.6) is 11.5 Å². The number of nitrogens with zero attached hydrogens (tertiary/aromatic N) is 2. The average Bonchev–Trinajstić information content (AvgIpc) is 3.08. The molecule has 0 aliphatic carbocycles. The van der Waals surface area contributed by atoms with Crippen LogP contribution in [0.25, 0.3) is 5.76 Å². The Labute approximate surface area is 207 Å². The van der Waals surface area contributed by atoms with Crippen LogP contribution in [0.2, 0.25) is 0 Å². The number of ether oxygens (including phenoxy) is 2. The van der Waals surface area contributed by atoms with Gasteiger partial charge in [-0.25, -0.2) is 0 Å². The third-order valence-electron chi connectivity index (χ3n) is 6.18. The summed E-state index contributed by atoms with van der Waals surface area (Å²) < 4.78 is 11.3. The lowest BCUT2D eigenvalue weighted by molar-refractivity contribution is -0.140. The fraction of sp³-hybridized carbons (Fsp3) is 0.429. The highest BCUT2D eigenvalue weighted by Crippen LogP contribution is 2.43. The molecule has 1 aliphatic rings. The molecular formula is C28H36N2O5. The SMILES string of the molecule is CCOc1ccc(/C(O)=C2\C(=O)C(=O)N(CCCN(C)C)C2c2ccccc2OC)cc1C(C)C. The first-order valence-corrected chi connectivity index (χ1v) is 12.0. The van der Waals surface area contributed by atoms with Crippen LogP contribution in [0, 0.1) is 0 Å². The summed E-state index contributed by atoms with van der Waals surface area (Å²) in [6.45, 7) is 7.67. The number of carbonyl (C=O) groups excluding carboxylic acids is 2. The summed E-state index contributed by atoms with van der Waals surface area (Å²) in [5.74, 6) is -0.0662. The molecule has 1 aliphatic heterocycles.